The molecule has 1 unspecified atom stereocenters. The van der Waals surface area contributed by atoms with Crippen LogP contribution in [0.1, 0.15) is 17.7 Å². The number of nitrogens with zero attached hydrogens (tertiary/aromatic N) is 2. The molecule has 0 radical (unpaired) electrons. The fourth-order valence-electron chi connectivity index (χ4n) is 2.28. The van der Waals surface area contributed by atoms with Gasteiger partial charge in [-0.05, 0) is 12.1 Å². The molecule has 1 saturated heterocycles. The molecule has 122 valence electrons. The van der Waals surface area contributed by atoms with Crippen molar-refractivity contribution in [3.63, 3.8) is 0 Å². The monoisotopic (exact) mass is 356 g/mol. The number of likely N-dealkylation sites (tertiary alicyclic amines) is 1. The first-order valence-electron chi connectivity index (χ1n) is 6.27. The fraction of sp³-hybridized carbons (Fsp3) is 0.500. The van der Waals surface area contributed by atoms with Gasteiger partial charge in [0.2, 0.25) is 15.0 Å². The van der Waals surface area contributed by atoms with Crippen LogP contribution in [0.3, 0.4) is 0 Å². The Labute approximate surface area is 129 Å². The molecule has 0 N–H and O–H groups in total. The average Bonchev–Trinajstić information content (AvgIpc) is 2.66. The normalized spacial score (nSPS) is 19.7. The molecular weight excluding hydrogens is 345 g/mol. The zero-order valence-electron chi connectivity index (χ0n) is 11.2. The number of carbonyl (C=O) groups is 1. The molecule has 22 heavy (non-hydrogen) atoms. The van der Waals surface area contributed by atoms with Gasteiger partial charge in [-0.3, -0.25) is 9.78 Å². The van der Waals surface area contributed by atoms with Crippen LogP contribution in [0.5, 0.6) is 0 Å². The van der Waals surface area contributed by atoms with E-state index >= 15 is 0 Å². The van der Waals surface area contributed by atoms with Crippen molar-refractivity contribution in [2.24, 2.45) is 5.92 Å². The molecule has 0 spiro atoms. The molecule has 1 aromatic heterocycles. The van der Waals surface area contributed by atoms with Crippen LogP contribution in [-0.2, 0) is 26.6 Å². The van der Waals surface area contributed by atoms with Gasteiger partial charge in [-0.15, -0.1) is 0 Å². The van der Waals surface area contributed by atoms with Gasteiger partial charge in [0, 0.05) is 35.8 Å². The van der Waals surface area contributed by atoms with E-state index in [-0.39, 0.29) is 31.2 Å². The second-order valence-corrected chi connectivity index (χ2v) is 7.91. The molecule has 1 atom stereocenters. The number of amides is 1. The summed E-state index contributed by atoms with van der Waals surface area (Å²) in [6.45, 7) is 0.225. The molecule has 1 aliphatic heterocycles. The zero-order valence-corrected chi connectivity index (χ0v) is 12.7. The van der Waals surface area contributed by atoms with E-state index in [1.165, 1.54) is 11.0 Å². The quantitative estimate of drug-likeness (QED) is 0.774. The Morgan fingerprint density at radius 1 is 1.36 bits per heavy atom. The first kappa shape index (κ1) is 17.0. The number of hydrogen-bond donors (Lipinski definition) is 0. The Bertz CT molecular complexity index is 661. The predicted octanol–water partition coefficient (Wildman–Crippen LogP) is 2.02. The smallest absolute Gasteiger partial charge is 0.336 e. The topological polar surface area (TPSA) is 67.3 Å². The lowest BCUT2D eigenvalue weighted by Crippen LogP contribution is -2.26. The zero-order chi connectivity index (χ0) is 16.5. The number of pyridine rings is 1. The summed E-state index contributed by atoms with van der Waals surface area (Å²) in [5.74, 6) is -0.992. The Hall–Kier alpha value is -1.35. The van der Waals surface area contributed by atoms with E-state index in [9.17, 15) is 26.4 Å². The van der Waals surface area contributed by atoms with Gasteiger partial charge in [0.1, 0.15) is 0 Å². The maximum absolute atomic E-state index is 12.4. The summed E-state index contributed by atoms with van der Waals surface area (Å²) in [5, 5.41) is 0. The second-order valence-electron chi connectivity index (χ2n) is 5.09. The third-order valence-corrected chi connectivity index (χ3v) is 4.48. The fourth-order valence-corrected chi connectivity index (χ4v) is 3.60. The second kappa shape index (κ2) is 6.04. The van der Waals surface area contributed by atoms with E-state index in [4.69, 9.17) is 10.7 Å². The number of carbonyl (C=O) groups excluding carboxylic acids is 1. The molecule has 1 aromatic rings. The maximum atomic E-state index is 12.4. The molecule has 0 saturated carbocycles. The first-order valence-corrected chi connectivity index (χ1v) is 8.74. The highest BCUT2D eigenvalue weighted by molar-refractivity contribution is 8.13. The molecule has 1 aliphatic rings. The lowest BCUT2D eigenvalue weighted by Gasteiger charge is -2.16. The van der Waals surface area contributed by atoms with Crippen molar-refractivity contribution in [3.8, 4) is 0 Å². The van der Waals surface area contributed by atoms with Gasteiger partial charge in [0.25, 0.3) is 0 Å². The van der Waals surface area contributed by atoms with Crippen LogP contribution in [-0.4, -0.2) is 36.5 Å². The molecule has 1 amide bonds. The SMILES string of the molecule is O=C1CC(CS(=O)(=O)Cl)CN1Cc1ccc(C(F)(F)F)cn1. The van der Waals surface area contributed by atoms with E-state index < -0.39 is 26.7 Å². The molecule has 10 heteroatoms. The summed E-state index contributed by atoms with van der Waals surface area (Å²) in [5.41, 5.74) is -0.564. The summed E-state index contributed by atoms with van der Waals surface area (Å²) >= 11 is 0. The predicted molar refractivity (Wildman–Crippen MR) is 72.4 cm³/mol. The van der Waals surface area contributed by atoms with Crippen LogP contribution in [0.15, 0.2) is 18.3 Å². The minimum atomic E-state index is -4.46. The van der Waals surface area contributed by atoms with Crippen molar-refractivity contribution in [1.82, 2.24) is 9.88 Å². The summed E-state index contributed by atoms with van der Waals surface area (Å²) in [4.78, 5) is 16.8. The van der Waals surface area contributed by atoms with E-state index in [2.05, 4.69) is 4.98 Å². The van der Waals surface area contributed by atoms with Gasteiger partial charge in [-0.25, -0.2) is 8.42 Å². The van der Waals surface area contributed by atoms with E-state index in [0.717, 1.165) is 6.07 Å². The first-order chi connectivity index (χ1) is 10.0. The number of halogens is 4. The van der Waals surface area contributed by atoms with Crippen molar-refractivity contribution < 1.29 is 26.4 Å². The summed E-state index contributed by atoms with van der Waals surface area (Å²) in [6.07, 6.45) is -3.71. The molecule has 0 aromatic carbocycles. The Morgan fingerprint density at radius 3 is 2.55 bits per heavy atom. The van der Waals surface area contributed by atoms with Gasteiger partial charge in [0.15, 0.2) is 0 Å². The number of hydrogen-bond acceptors (Lipinski definition) is 4. The van der Waals surface area contributed by atoms with Gasteiger partial charge in [-0.2, -0.15) is 13.2 Å². The van der Waals surface area contributed by atoms with E-state index in [1.54, 1.807) is 0 Å². The van der Waals surface area contributed by atoms with Crippen molar-refractivity contribution in [3.05, 3.63) is 29.6 Å². The largest absolute Gasteiger partial charge is 0.417 e. The van der Waals surface area contributed by atoms with Crippen molar-refractivity contribution in [1.29, 1.82) is 0 Å². The van der Waals surface area contributed by atoms with E-state index in [0.29, 0.717) is 11.9 Å². The molecule has 0 bridgehead atoms. The highest BCUT2D eigenvalue weighted by Gasteiger charge is 2.33. The third kappa shape index (κ3) is 4.57. The average molecular weight is 357 g/mol. The molecule has 1 fully saturated rings. The standard InChI is InChI=1S/C12H12ClF3N2O3S/c13-22(20,21)7-8-3-11(19)18(5-8)6-10-2-1-9(4-17-10)12(14,15)16/h1-2,4,8H,3,5-7H2. The highest BCUT2D eigenvalue weighted by Crippen LogP contribution is 2.29. The van der Waals surface area contributed by atoms with Crippen LogP contribution in [0, 0.1) is 5.92 Å². The minimum Gasteiger partial charge on any atom is -0.336 e. The van der Waals surface area contributed by atoms with Gasteiger partial charge in [0.05, 0.1) is 23.6 Å². The van der Waals surface area contributed by atoms with Crippen LogP contribution in [0.25, 0.3) is 0 Å². The van der Waals surface area contributed by atoms with Crippen LogP contribution < -0.4 is 0 Å². The summed E-state index contributed by atoms with van der Waals surface area (Å²) in [7, 11) is 1.46. The van der Waals surface area contributed by atoms with Crippen molar-refractivity contribution in [2.75, 3.05) is 12.3 Å². The number of alkyl halides is 3. The molecule has 2 heterocycles. The Morgan fingerprint density at radius 2 is 2.05 bits per heavy atom. The Kier molecular flexibility index (Phi) is 4.67. The van der Waals surface area contributed by atoms with Crippen LogP contribution in [0.2, 0.25) is 0 Å². The highest BCUT2D eigenvalue weighted by atomic mass is 35.7. The molecule has 5 nitrogen and oxygen atoms in total. The summed E-state index contributed by atoms with van der Waals surface area (Å²) in [6, 6.07) is 2.09. The number of rotatable bonds is 4. The summed E-state index contributed by atoms with van der Waals surface area (Å²) < 4.78 is 59.3. The van der Waals surface area contributed by atoms with Crippen molar-refractivity contribution in [2.45, 2.75) is 19.1 Å². The van der Waals surface area contributed by atoms with Crippen LogP contribution in [0.4, 0.5) is 13.2 Å². The molecule has 2 rings (SSSR count). The van der Waals surface area contributed by atoms with Crippen LogP contribution >= 0.6 is 10.7 Å². The Balaban J connectivity index is 2.01. The van der Waals surface area contributed by atoms with Gasteiger partial charge in [-0.1, -0.05) is 0 Å². The third-order valence-electron chi connectivity index (χ3n) is 3.23. The van der Waals surface area contributed by atoms with Crippen molar-refractivity contribution >= 4 is 25.6 Å². The number of aromatic nitrogens is 1. The van der Waals surface area contributed by atoms with E-state index in [1.807, 2.05) is 0 Å². The van der Waals surface area contributed by atoms with Gasteiger partial charge < -0.3 is 4.90 Å². The lowest BCUT2D eigenvalue weighted by atomic mass is 10.1. The minimum absolute atomic E-state index is 0.0375. The lowest BCUT2D eigenvalue weighted by molar-refractivity contribution is -0.138. The molecule has 0 aliphatic carbocycles. The maximum Gasteiger partial charge on any atom is 0.417 e. The molecular formula is C12H12ClF3N2O3S. The van der Waals surface area contributed by atoms with Gasteiger partial charge >= 0.3 is 6.18 Å².